The van der Waals surface area contributed by atoms with Crippen molar-refractivity contribution in [3.05, 3.63) is 64.7 Å². The Hall–Kier alpha value is -3.08. The van der Waals surface area contributed by atoms with Crippen molar-refractivity contribution >= 4 is 38.3 Å². The van der Waals surface area contributed by atoms with Crippen LogP contribution in [-0.4, -0.2) is 42.2 Å². The van der Waals surface area contributed by atoms with Gasteiger partial charge in [-0.3, -0.25) is 4.79 Å². The fourth-order valence-corrected chi connectivity index (χ4v) is 5.59. The molecule has 0 saturated heterocycles. The number of nitrogens with one attached hydrogen (secondary N) is 2. The van der Waals surface area contributed by atoms with Gasteiger partial charge in [-0.1, -0.05) is 18.2 Å². The van der Waals surface area contributed by atoms with Crippen LogP contribution < -0.4 is 10.0 Å². The van der Waals surface area contributed by atoms with Gasteiger partial charge in [0.1, 0.15) is 0 Å². The number of fused-ring (bicyclic) bond motifs is 1. The molecule has 4 aromatic rings. The first-order chi connectivity index (χ1) is 15.8. The number of carbonyl (C=O) groups is 1. The molecule has 0 spiro atoms. The lowest BCUT2D eigenvalue weighted by molar-refractivity contribution is 0.0956. The maximum absolute atomic E-state index is 13.0. The largest absolute Gasteiger partial charge is 0.351 e. The lowest BCUT2D eigenvalue weighted by Crippen LogP contribution is -2.35. The SMILES string of the molecule is CCn1ncc2c(C(=O)NCCNS(=O)(=O)c3cc(C)ccc3C)cc(-c3cccs3)nc21. The Bertz CT molecular complexity index is 1410. The molecule has 2 N–H and O–H groups in total. The molecule has 4 rings (SSSR count). The third kappa shape index (κ3) is 4.82. The summed E-state index contributed by atoms with van der Waals surface area (Å²) in [7, 11) is -3.67. The summed E-state index contributed by atoms with van der Waals surface area (Å²) in [6.45, 7) is 6.41. The van der Waals surface area contributed by atoms with Gasteiger partial charge < -0.3 is 5.32 Å². The van der Waals surface area contributed by atoms with Crippen molar-refractivity contribution in [1.29, 1.82) is 0 Å². The van der Waals surface area contributed by atoms with E-state index in [1.807, 2.05) is 37.4 Å². The number of pyridine rings is 1. The monoisotopic (exact) mass is 483 g/mol. The molecule has 33 heavy (non-hydrogen) atoms. The number of sulfonamides is 1. The lowest BCUT2D eigenvalue weighted by Gasteiger charge is -2.11. The van der Waals surface area contributed by atoms with Gasteiger partial charge in [-0.15, -0.1) is 11.3 Å². The third-order valence-electron chi connectivity index (χ3n) is 5.26. The van der Waals surface area contributed by atoms with Crippen molar-refractivity contribution in [3.8, 4) is 10.6 Å². The minimum absolute atomic E-state index is 0.0711. The van der Waals surface area contributed by atoms with Gasteiger partial charge >= 0.3 is 0 Å². The molecule has 0 unspecified atom stereocenters. The van der Waals surface area contributed by atoms with Gasteiger partial charge in [-0.2, -0.15) is 5.10 Å². The molecule has 0 atom stereocenters. The maximum atomic E-state index is 13.0. The van der Waals surface area contributed by atoms with E-state index in [1.54, 1.807) is 47.3 Å². The number of hydrogen-bond acceptors (Lipinski definition) is 6. The first-order valence-electron chi connectivity index (χ1n) is 10.6. The maximum Gasteiger partial charge on any atom is 0.252 e. The van der Waals surface area contributed by atoms with Gasteiger partial charge in [0.25, 0.3) is 5.91 Å². The number of carbonyl (C=O) groups excluding carboxylic acids is 1. The summed E-state index contributed by atoms with van der Waals surface area (Å²) in [5.41, 5.74) is 3.34. The summed E-state index contributed by atoms with van der Waals surface area (Å²) in [6.07, 6.45) is 1.64. The number of hydrogen-bond donors (Lipinski definition) is 2. The molecular weight excluding hydrogens is 458 g/mol. The molecule has 0 bridgehead atoms. The molecule has 0 fully saturated rings. The molecule has 0 saturated carbocycles. The molecule has 10 heteroatoms. The molecule has 172 valence electrons. The first kappa shape index (κ1) is 23.1. The summed E-state index contributed by atoms with van der Waals surface area (Å²) in [4.78, 5) is 18.9. The van der Waals surface area contributed by atoms with Crippen molar-refractivity contribution in [2.24, 2.45) is 0 Å². The van der Waals surface area contributed by atoms with Crippen LogP contribution in [0.5, 0.6) is 0 Å². The van der Waals surface area contributed by atoms with Crippen molar-refractivity contribution in [2.75, 3.05) is 13.1 Å². The zero-order valence-electron chi connectivity index (χ0n) is 18.6. The van der Waals surface area contributed by atoms with Crippen molar-refractivity contribution in [3.63, 3.8) is 0 Å². The Morgan fingerprint density at radius 1 is 1.15 bits per heavy atom. The highest BCUT2D eigenvalue weighted by Gasteiger charge is 2.19. The molecule has 0 aliphatic heterocycles. The summed E-state index contributed by atoms with van der Waals surface area (Å²) >= 11 is 1.54. The van der Waals surface area contributed by atoms with Crippen LogP contribution in [-0.2, 0) is 16.6 Å². The van der Waals surface area contributed by atoms with Gasteiger partial charge in [-0.05, 0) is 55.5 Å². The number of aromatic nitrogens is 3. The predicted molar refractivity (Wildman–Crippen MR) is 130 cm³/mol. The number of aryl methyl sites for hydroxylation is 3. The second-order valence-corrected chi connectivity index (χ2v) is 10.3. The smallest absolute Gasteiger partial charge is 0.252 e. The minimum atomic E-state index is -3.67. The second kappa shape index (κ2) is 9.42. The van der Waals surface area contributed by atoms with Gasteiger partial charge in [0.05, 0.1) is 32.6 Å². The van der Waals surface area contributed by atoms with Crippen LogP contribution >= 0.6 is 11.3 Å². The average Bonchev–Trinajstić information content (AvgIpc) is 3.47. The molecule has 0 aliphatic rings. The van der Waals surface area contributed by atoms with E-state index >= 15 is 0 Å². The van der Waals surface area contributed by atoms with E-state index in [2.05, 4.69) is 15.1 Å². The summed E-state index contributed by atoms with van der Waals surface area (Å²) < 4.78 is 29.6. The Balaban J connectivity index is 1.50. The molecule has 1 aromatic carbocycles. The van der Waals surface area contributed by atoms with Gasteiger partial charge in [0.2, 0.25) is 10.0 Å². The van der Waals surface area contributed by atoms with Crippen molar-refractivity contribution in [1.82, 2.24) is 24.8 Å². The second-order valence-electron chi connectivity index (χ2n) is 7.65. The summed E-state index contributed by atoms with van der Waals surface area (Å²) in [5.74, 6) is -0.304. The molecule has 3 heterocycles. The quantitative estimate of drug-likeness (QED) is 0.373. The fourth-order valence-electron chi connectivity index (χ4n) is 3.55. The van der Waals surface area contributed by atoms with Crippen LogP contribution in [0.1, 0.15) is 28.4 Å². The minimum Gasteiger partial charge on any atom is -0.351 e. The lowest BCUT2D eigenvalue weighted by atomic mass is 10.1. The van der Waals surface area contributed by atoms with E-state index in [4.69, 9.17) is 4.98 Å². The van der Waals surface area contributed by atoms with Crippen molar-refractivity contribution < 1.29 is 13.2 Å². The van der Waals surface area contributed by atoms with E-state index in [0.29, 0.717) is 34.4 Å². The van der Waals surface area contributed by atoms with E-state index in [1.165, 1.54) is 0 Å². The van der Waals surface area contributed by atoms with Crippen molar-refractivity contribution in [2.45, 2.75) is 32.2 Å². The normalized spacial score (nSPS) is 11.7. The molecule has 1 amide bonds. The number of rotatable bonds is 8. The van der Waals surface area contributed by atoms with Gasteiger partial charge in [0.15, 0.2) is 5.65 Å². The predicted octanol–water partition coefficient (Wildman–Crippen LogP) is 3.50. The molecular formula is C23H25N5O3S2. The number of amides is 1. The van der Waals surface area contributed by atoms with Crippen LogP contribution in [0.2, 0.25) is 0 Å². The summed E-state index contributed by atoms with van der Waals surface area (Å²) in [6, 6.07) is 10.9. The van der Waals surface area contributed by atoms with E-state index in [0.717, 1.165) is 10.4 Å². The fraction of sp³-hybridized carbons (Fsp3) is 0.261. The summed E-state index contributed by atoms with van der Waals surface area (Å²) in [5, 5.41) is 9.77. The zero-order valence-corrected chi connectivity index (χ0v) is 20.3. The molecule has 8 nitrogen and oxygen atoms in total. The standard InChI is InChI=1S/C23H25N5O3S2/c1-4-28-22-18(14-25-28)17(13-19(27-22)20-6-5-11-32-20)23(29)24-9-10-26-33(30,31)21-12-15(2)7-8-16(21)3/h5-8,11-14,26H,4,9-10H2,1-3H3,(H,24,29). The van der Waals surface area contributed by atoms with Crippen LogP contribution in [0, 0.1) is 13.8 Å². The molecule has 0 radical (unpaired) electrons. The third-order valence-corrected chi connectivity index (χ3v) is 7.76. The highest BCUT2D eigenvalue weighted by atomic mass is 32.2. The molecule has 3 aromatic heterocycles. The number of nitrogens with zero attached hydrogens (tertiary/aromatic N) is 3. The van der Waals surface area contributed by atoms with Gasteiger partial charge in [-0.25, -0.2) is 22.8 Å². The topological polar surface area (TPSA) is 106 Å². The van der Waals surface area contributed by atoms with Crippen LogP contribution in [0.15, 0.2) is 52.9 Å². The van der Waals surface area contributed by atoms with E-state index in [-0.39, 0.29) is 23.9 Å². The highest BCUT2D eigenvalue weighted by molar-refractivity contribution is 7.89. The van der Waals surface area contributed by atoms with E-state index < -0.39 is 10.0 Å². The molecule has 0 aliphatic carbocycles. The zero-order chi connectivity index (χ0) is 23.6. The number of thiophene rings is 1. The number of benzene rings is 1. The Morgan fingerprint density at radius 3 is 2.70 bits per heavy atom. The Kier molecular flexibility index (Phi) is 6.59. The Morgan fingerprint density at radius 2 is 1.97 bits per heavy atom. The highest BCUT2D eigenvalue weighted by Crippen LogP contribution is 2.28. The average molecular weight is 484 g/mol. The Labute approximate surface area is 196 Å². The van der Waals surface area contributed by atoms with Crippen LogP contribution in [0.3, 0.4) is 0 Å². The van der Waals surface area contributed by atoms with Crippen LogP contribution in [0.4, 0.5) is 0 Å². The van der Waals surface area contributed by atoms with Gasteiger partial charge in [0, 0.05) is 19.6 Å². The van der Waals surface area contributed by atoms with E-state index in [9.17, 15) is 13.2 Å². The first-order valence-corrected chi connectivity index (χ1v) is 12.9. The van der Waals surface area contributed by atoms with Crippen LogP contribution in [0.25, 0.3) is 21.6 Å².